The van der Waals surface area contributed by atoms with Gasteiger partial charge in [0, 0.05) is 0 Å². The molecule has 132 valence electrons. The number of halogens is 1. The number of sulfone groups is 1. The lowest BCUT2D eigenvalue weighted by molar-refractivity contribution is 0.0696. The Balaban J connectivity index is 2.05. The first-order valence-electron chi connectivity index (χ1n) is 7.77. The summed E-state index contributed by atoms with van der Waals surface area (Å²) in [6.07, 6.45) is 0. The van der Waals surface area contributed by atoms with Crippen LogP contribution in [-0.4, -0.2) is 19.5 Å². The highest BCUT2D eigenvalue weighted by molar-refractivity contribution is 7.90. The molecule has 0 saturated carbocycles. The van der Waals surface area contributed by atoms with E-state index in [2.05, 4.69) is 0 Å². The Morgan fingerprint density at radius 1 is 0.885 bits per heavy atom. The van der Waals surface area contributed by atoms with Gasteiger partial charge < -0.3 is 5.11 Å². The molecule has 0 aromatic heterocycles. The maximum Gasteiger partial charge on any atom is 0.335 e. The maximum atomic E-state index is 13.1. The molecule has 0 heterocycles. The zero-order valence-electron chi connectivity index (χ0n) is 13.6. The molecule has 0 atom stereocenters. The molecule has 6 heteroatoms. The van der Waals surface area contributed by atoms with Crippen LogP contribution in [0.5, 0.6) is 0 Å². The largest absolute Gasteiger partial charge is 0.478 e. The number of benzene rings is 3. The van der Waals surface area contributed by atoms with Crippen LogP contribution in [0.4, 0.5) is 4.39 Å². The van der Waals surface area contributed by atoms with Crippen LogP contribution in [0.2, 0.25) is 0 Å². The number of rotatable bonds is 5. The second-order valence-corrected chi connectivity index (χ2v) is 7.75. The van der Waals surface area contributed by atoms with E-state index in [1.54, 1.807) is 36.4 Å². The number of carboxylic acid groups (broad SMARTS) is 1. The predicted molar refractivity (Wildman–Crippen MR) is 96.1 cm³/mol. The second kappa shape index (κ2) is 7.09. The molecule has 0 bridgehead atoms. The summed E-state index contributed by atoms with van der Waals surface area (Å²) in [6, 6.07) is 18.0. The zero-order valence-corrected chi connectivity index (χ0v) is 14.4. The Kier molecular flexibility index (Phi) is 4.86. The van der Waals surface area contributed by atoms with Crippen molar-refractivity contribution in [2.75, 3.05) is 0 Å². The van der Waals surface area contributed by atoms with E-state index in [0.29, 0.717) is 11.1 Å². The first-order chi connectivity index (χ1) is 12.4. The molecule has 0 aliphatic rings. The van der Waals surface area contributed by atoms with Crippen LogP contribution in [0.25, 0.3) is 11.1 Å². The lowest BCUT2D eigenvalue weighted by atomic mass is 10.00. The lowest BCUT2D eigenvalue weighted by Gasteiger charge is -2.11. The summed E-state index contributed by atoms with van der Waals surface area (Å²) < 4.78 is 38.4. The Hall–Kier alpha value is -2.99. The zero-order chi connectivity index (χ0) is 18.7. The van der Waals surface area contributed by atoms with E-state index in [9.17, 15) is 22.7 Å². The van der Waals surface area contributed by atoms with E-state index in [0.717, 1.165) is 0 Å². The van der Waals surface area contributed by atoms with E-state index >= 15 is 0 Å². The molecule has 0 aliphatic carbocycles. The van der Waals surface area contributed by atoms with Gasteiger partial charge in [-0.3, -0.25) is 0 Å². The fourth-order valence-electron chi connectivity index (χ4n) is 2.66. The first-order valence-corrected chi connectivity index (χ1v) is 9.42. The van der Waals surface area contributed by atoms with Crippen molar-refractivity contribution < 1.29 is 22.7 Å². The van der Waals surface area contributed by atoms with Gasteiger partial charge >= 0.3 is 5.97 Å². The van der Waals surface area contributed by atoms with Gasteiger partial charge in [-0.2, -0.15) is 0 Å². The highest BCUT2D eigenvalue weighted by atomic mass is 32.2. The van der Waals surface area contributed by atoms with Gasteiger partial charge in [-0.05, 0) is 53.1 Å². The molecular formula is C20H15FO4S. The van der Waals surface area contributed by atoms with E-state index in [1.807, 2.05) is 0 Å². The fraction of sp³-hybridized carbons (Fsp3) is 0.0500. The highest BCUT2D eigenvalue weighted by Gasteiger charge is 2.20. The molecule has 1 N–H and O–H groups in total. The molecule has 3 rings (SSSR count). The van der Waals surface area contributed by atoms with Gasteiger partial charge in [0.2, 0.25) is 0 Å². The minimum Gasteiger partial charge on any atom is -0.478 e. The van der Waals surface area contributed by atoms with Crippen LogP contribution in [0.15, 0.2) is 77.7 Å². The van der Waals surface area contributed by atoms with Crippen molar-refractivity contribution in [3.05, 3.63) is 89.7 Å². The molecular weight excluding hydrogens is 355 g/mol. The van der Waals surface area contributed by atoms with Gasteiger partial charge in [-0.15, -0.1) is 0 Å². The van der Waals surface area contributed by atoms with Gasteiger partial charge in [-0.25, -0.2) is 17.6 Å². The summed E-state index contributed by atoms with van der Waals surface area (Å²) in [6.45, 7) is 0. The third-order valence-corrected chi connectivity index (χ3v) is 5.64. The average molecular weight is 370 g/mol. The summed E-state index contributed by atoms with van der Waals surface area (Å²) in [4.78, 5) is 11.6. The molecule has 0 amide bonds. The Labute approximate surface area is 150 Å². The van der Waals surface area contributed by atoms with Crippen molar-refractivity contribution in [3.8, 4) is 11.1 Å². The van der Waals surface area contributed by atoms with Gasteiger partial charge in [0.1, 0.15) is 5.82 Å². The van der Waals surface area contributed by atoms with E-state index in [-0.39, 0.29) is 21.8 Å². The smallest absolute Gasteiger partial charge is 0.335 e. The molecule has 26 heavy (non-hydrogen) atoms. The van der Waals surface area contributed by atoms with Crippen molar-refractivity contribution in [1.82, 2.24) is 0 Å². The van der Waals surface area contributed by atoms with Crippen molar-refractivity contribution in [1.29, 1.82) is 0 Å². The molecule has 0 fully saturated rings. The van der Waals surface area contributed by atoms with Crippen molar-refractivity contribution in [2.24, 2.45) is 0 Å². The van der Waals surface area contributed by atoms with Crippen molar-refractivity contribution >= 4 is 15.8 Å². The van der Waals surface area contributed by atoms with Gasteiger partial charge in [0.15, 0.2) is 9.84 Å². The monoisotopic (exact) mass is 370 g/mol. The minimum atomic E-state index is -3.70. The normalized spacial score (nSPS) is 11.3. The first kappa shape index (κ1) is 17.8. The Morgan fingerprint density at radius 2 is 1.50 bits per heavy atom. The van der Waals surface area contributed by atoms with E-state index in [4.69, 9.17) is 0 Å². The minimum absolute atomic E-state index is 0.0737. The number of hydrogen-bond donors (Lipinski definition) is 1. The molecule has 3 aromatic carbocycles. The van der Waals surface area contributed by atoms with E-state index in [1.165, 1.54) is 36.4 Å². The van der Waals surface area contributed by atoms with Crippen LogP contribution in [-0.2, 0) is 15.6 Å². The van der Waals surface area contributed by atoms with E-state index < -0.39 is 21.6 Å². The summed E-state index contributed by atoms with van der Waals surface area (Å²) >= 11 is 0. The fourth-order valence-corrected chi connectivity index (χ4v) is 4.05. The summed E-state index contributed by atoms with van der Waals surface area (Å²) in [7, 11) is -3.70. The quantitative estimate of drug-likeness (QED) is 0.732. The van der Waals surface area contributed by atoms with Gasteiger partial charge in [0.05, 0.1) is 16.2 Å². The topological polar surface area (TPSA) is 71.4 Å². The highest BCUT2D eigenvalue weighted by Crippen LogP contribution is 2.26. The third kappa shape index (κ3) is 3.81. The standard InChI is InChI=1S/C20H15FO4S/c21-17-9-6-14(7-10-17)15-8-11-19(20(22)23)16(12-15)13-26(24,25)18-4-2-1-3-5-18/h1-12H,13H2,(H,22,23). The van der Waals surface area contributed by atoms with Gasteiger partial charge in [-0.1, -0.05) is 36.4 Å². The van der Waals surface area contributed by atoms with Crippen LogP contribution in [0.3, 0.4) is 0 Å². The summed E-state index contributed by atoms with van der Waals surface area (Å²) in [5.74, 6) is -2.02. The maximum absolute atomic E-state index is 13.1. The van der Waals surface area contributed by atoms with Crippen molar-refractivity contribution in [2.45, 2.75) is 10.6 Å². The average Bonchev–Trinajstić information content (AvgIpc) is 2.62. The SMILES string of the molecule is O=C(O)c1ccc(-c2ccc(F)cc2)cc1CS(=O)(=O)c1ccccc1. The third-order valence-electron chi connectivity index (χ3n) is 3.96. The number of carbonyl (C=O) groups is 1. The summed E-state index contributed by atoms with van der Waals surface area (Å²) in [5.41, 5.74) is 1.40. The van der Waals surface area contributed by atoms with Crippen LogP contribution in [0, 0.1) is 5.82 Å². The van der Waals surface area contributed by atoms with Gasteiger partial charge in [0.25, 0.3) is 0 Å². The van der Waals surface area contributed by atoms with Crippen molar-refractivity contribution in [3.63, 3.8) is 0 Å². The summed E-state index contributed by atoms with van der Waals surface area (Å²) in [5, 5.41) is 9.39. The molecule has 0 radical (unpaired) electrons. The predicted octanol–water partition coefficient (Wildman–Crippen LogP) is 4.16. The van der Waals surface area contributed by atoms with Crippen LogP contribution >= 0.6 is 0 Å². The number of aromatic carboxylic acids is 1. The Morgan fingerprint density at radius 3 is 2.12 bits per heavy atom. The Bertz CT molecular complexity index is 1040. The number of hydrogen-bond acceptors (Lipinski definition) is 3. The molecule has 0 spiro atoms. The molecule has 0 saturated heterocycles. The van der Waals surface area contributed by atoms with Crippen LogP contribution < -0.4 is 0 Å². The molecule has 4 nitrogen and oxygen atoms in total. The molecule has 0 unspecified atom stereocenters. The van der Waals surface area contributed by atoms with Crippen LogP contribution in [0.1, 0.15) is 15.9 Å². The molecule has 3 aromatic rings. The number of carboxylic acids is 1. The lowest BCUT2D eigenvalue weighted by Crippen LogP contribution is -2.10. The molecule has 0 aliphatic heterocycles. The second-order valence-electron chi connectivity index (χ2n) is 5.76.